The fourth-order valence-corrected chi connectivity index (χ4v) is 1.90. The molecule has 0 aliphatic heterocycles. The molecule has 0 nitrogen and oxygen atoms in total. The Labute approximate surface area is 64.3 Å². The van der Waals surface area contributed by atoms with Gasteiger partial charge in [0.15, 0.2) is 0 Å². The zero-order valence-corrected chi connectivity index (χ0v) is 7.73. The Kier molecular flexibility index (Phi) is 1.66. The van der Waals surface area contributed by atoms with Crippen molar-refractivity contribution in [2.24, 2.45) is 17.3 Å². The first kappa shape index (κ1) is 7.84. The predicted molar refractivity (Wildman–Crippen MR) is 45.9 cm³/mol. The van der Waals surface area contributed by atoms with E-state index in [9.17, 15) is 0 Å². The molecular weight excluding hydrogens is 120 g/mol. The van der Waals surface area contributed by atoms with Crippen molar-refractivity contribution in [2.45, 2.75) is 34.6 Å². The van der Waals surface area contributed by atoms with Crippen LogP contribution in [0, 0.1) is 17.3 Å². The molecule has 58 valence electrons. The van der Waals surface area contributed by atoms with Crippen LogP contribution in [-0.4, -0.2) is 0 Å². The summed E-state index contributed by atoms with van der Waals surface area (Å²) in [7, 11) is 0. The van der Waals surface area contributed by atoms with Gasteiger partial charge < -0.3 is 0 Å². The first-order chi connectivity index (χ1) is 4.48. The summed E-state index contributed by atoms with van der Waals surface area (Å²) in [6.45, 7) is 11.4. The van der Waals surface area contributed by atoms with Gasteiger partial charge >= 0.3 is 0 Å². The summed E-state index contributed by atoms with van der Waals surface area (Å²) in [4.78, 5) is 0. The van der Waals surface area contributed by atoms with Gasteiger partial charge in [0.1, 0.15) is 0 Å². The smallest absolute Gasteiger partial charge is 0.00871 e. The van der Waals surface area contributed by atoms with Gasteiger partial charge in [0, 0.05) is 0 Å². The summed E-state index contributed by atoms with van der Waals surface area (Å²) in [5.41, 5.74) is 1.98. The molecular formula is C10H18. The molecule has 1 fully saturated rings. The van der Waals surface area contributed by atoms with Crippen molar-refractivity contribution in [1.82, 2.24) is 0 Å². The molecule has 2 unspecified atom stereocenters. The number of hydrogen-bond acceptors (Lipinski definition) is 0. The second kappa shape index (κ2) is 2.11. The minimum atomic E-state index is 0.527. The van der Waals surface area contributed by atoms with Crippen LogP contribution in [-0.2, 0) is 0 Å². The molecule has 0 radical (unpaired) electrons. The topological polar surface area (TPSA) is 0 Å². The average Bonchev–Trinajstić information content (AvgIpc) is 2.18. The molecule has 1 saturated carbocycles. The molecule has 0 heterocycles. The first-order valence-corrected chi connectivity index (χ1v) is 4.14. The average molecular weight is 138 g/mol. The third-order valence-corrected chi connectivity index (χ3v) is 3.20. The standard InChI is InChI=1S/C10H18/c1-7(2)6-10(5)8(3)9(10)4/h6,8-9H,1-5H3. The van der Waals surface area contributed by atoms with E-state index in [4.69, 9.17) is 0 Å². The Bertz CT molecular complexity index is 153. The summed E-state index contributed by atoms with van der Waals surface area (Å²) in [5, 5.41) is 0. The van der Waals surface area contributed by atoms with Gasteiger partial charge in [0.2, 0.25) is 0 Å². The fourth-order valence-electron chi connectivity index (χ4n) is 1.90. The van der Waals surface area contributed by atoms with Crippen LogP contribution >= 0.6 is 0 Å². The minimum Gasteiger partial charge on any atom is -0.0799 e. The van der Waals surface area contributed by atoms with E-state index in [-0.39, 0.29) is 0 Å². The van der Waals surface area contributed by atoms with Crippen LogP contribution in [0.25, 0.3) is 0 Å². The van der Waals surface area contributed by atoms with Gasteiger partial charge in [-0.25, -0.2) is 0 Å². The number of hydrogen-bond donors (Lipinski definition) is 0. The summed E-state index contributed by atoms with van der Waals surface area (Å²) in [5.74, 6) is 1.78. The van der Waals surface area contributed by atoms with Crippen molar-refractivity contribution in [3.8, 4) is 0 Å². The molecule has 0 N–H and O–H groups in total. The highest BCUT2D eigenvalue weighted by molar-refractivity contribution is 5.18. The Morgan fingerprint density at radius 2 is 1.60 bits per heavy atom. The summed E-state index contributed by atoms with van der Waals surface area (Å²) < 4.78 is 0. The van der Waals surface area contributed by atoms with Crippen molar-refractivity contribution < 1.29 is 0 Å². The number of allylic oxidation sites excluding steroid dienone is 2. The molecule has 1 aliphatic rings. The summed E-state index contributed by atoms with van der Waals surface area (Å²) in [6.07, 6.45) is 2.42. The van der Waals surface area contributed by atoms with Crippen LogP contribution in [0.15, 0.2) is 11.6 Å². The molecule has 0 bridgehead atoms. The van der Waals surface area contributed by atoms with E-state index < -0.39 is 0 Å². The van der Waals surface area contributed by atoms with Crippen molar-refractivity contribution in [3.05, 3.63) is 11.6 Å². The van der Waals surface area contributed by atoms with Crippen LogP contribution in [0.1, 0.15) is 34.6 Å². The molecule has 0 saturated heterocycles. The van der Waals surface area contributed by atoms with Crippen molar-refractivity contribution in [3.63, 3.8) is 0 Å². The third kappa shape index (κ3) is 1.00. The van der Waals surface area contributed by atoms with Crippen LogP contribution in [0.3, 0.4) is 0 Å². The van der Waals surface area contributed by atoms with Gasteiger partial charge in [-0.1, -0.05) is 32.4 Å². The Morgan fingerprint density at radius 3 is 1.70 bits per heavy atom. The highest BCUT2D eigenvalue weighted by atomic mass is 14.6. The molecule has 0 heteroatoms. The van der Waals surface area contributed by atoms with Crippen molar-refractivity contribution in [1.29, 1.82) is 0 Å². The maximum atomic E-state index is 2.42. The van der Waals surface area contributed by atoms with Gasteiger partial charge in [-0.05, 0) is 31.1 Å². The Balaban J connectivity index is 2.67. The quantitative estimate of drug-likeness (QED) is 0.488. The lowest BCUT2D eigenvalue weighted by molar-refractivity contribution is 0.633. The first-order valence-electron chi connectivity index (χ1n) is 4.14. The van der Waals surface area contributed by atoms with Crippen molar-refractivity contribution in [2.75, 3.05) is 0 Å². The second-order valence-corrected chi connectivity index (χ2v) is 4.17. The third-order valence-electron chi connectivity index (χ3n) is 3.20. The van der Waals surface area contributed by atoms with E-state index in [0.717, 1.165) is 11.8 Å². The van der Waals surface area contributed by atoms with Crippen LogP contribution in [0.5, 0.6) is 0 Å². The molecule has 1 aliphatic carbocycles. The van der Waals surface area contributed by atoms with E-state index in [1.165, 1.54) is 5.57 Å². The second-order valence-electron chi connectivity index (χ2n) is 4.17. The van der Waals surface area contributed by atoms with E-state index >= 15 is 0 Å². The molecule has 2 atom stereocenters. The molecule has 0 amide bonds. The zero-order valence-electron chi connectivity index (χ0n) is 7.73. The Morgan fingerprint density at radius 1 is 1.20 bits per heavy atom. The van der Waals surface area contributed by atoms with Crippen LogP contribution < -0.4 is 0 Å². The van der Waals surface area contributed by atoms with Gasteiger partial charge in [0.25, 0.3) is 0 Å². The lowest BCUT2D eigenvalue weighted by Gasteiger charge is -2.03. The van der Waals surface area contributed by atoms with Crippen LogP contribution in [0.4, 0.5) is 0 Å². The molecule has 1 rings (SSSR count). The SMILES string of the molecule is CC(C)=CC1(C)C(C)C1C. The van der Waals surface area contributed by atoms with Crippen molar-refractivity contribution >= 4 is 0 Å². The highest BCUT2D eigenvalue weighted by Crippen LogP contribution is 2.59. The predicted octanol–water partition coefficient (Wildman–Crippen LogP) is 3.24. The highest BCUT2D eigenvalue weighted by Gasteiger charge is 2.53. The maximum Gasteiger partial charge on any atom is -0.00871 e. The van der Waals surface area contributed by atoms with E-state index in [0.29, 0.717) is 5.41 Å². The summed E-state index contributed by atoms with van der Waals surface area (Å²) in [6, 6.07) is 0. The van der Waals surface area contributed by atoms with Gasteiger partial charge in [-0.2, -0.15) is 0 Å². The van der Waals surface area contributed by atoms with E-state index in [1.54, 1.807) is 0 Å². The maximum absolute atomic E-state index is 2.42. The van der Waals surface area contributed by atoms with Crippen LogP contribution in [0.2, 0.25) is 0 Å². The number of rotatable bonds is 1. The fraction of sp³-hybridized carbons (Fsp3) is 0.800. The van der Waals surface area contributed by atoms with Gasteiger partial charge in [0.05, 0.1) is 0 Å². The molecule has 0 aromatic heterocycles. The van der Waals surface area contributed by atoms with Gasteiger partial charge in [-0.15, -0.1) is 0 Å². The molecule has 0 aromatic carbocycles. The minimum absolute atomic E-state index is 0.527. The van der Waals surface area contributed by atoms with E-state index in [1.807, 2.05) is 0 Å². The summed E-state index contributed by atoms with van der Waals surface area (Å²) >= 11 is 0. The molecule has 10 heavy (non-hydrogen) atoms. The lowest BCUT2D eigenvalue weighted by atomic mass is 10.0. The molecule has 0 spiro atoms. The normalized spacial score (nSPS) is 44.9. The Hall–Kier alpha value is -0.260. The molecule has 0 aromatic rings. The monoisotopic (exact) mass is 138 g/mol. The zero-order chi connectivity index (χ0) is 7.94. The lowest BCUT2D eigenvalue weighted by Crippen LogP contribution is -1.92. The van der Waals surface area contributed by atoms with E-state index in [2.05, 4.69) is 40.7 Å². The largest absolute Gasteiger partial charge is 0.0799 e. The van der Waals surface area contributed by atoms with Gasteiger partial charge in [-0.3, -0.25) is 0 Å².